The molecule has 5 nitrogen and oxygen atoms in total. The molecule has 1 atom stereocenters. The van der Waals surface area contributed by atoms with Crippen molar-refractivity contribution in [1.29, 1.82) is 0 Å². The van der Waals surface area contributed by atoms with Gasteiger partial charge in [-0.15, -0.1) is 0 Å². The van der Waals surface area contributed by atoms with Crippen molar-refractivity contribution in [3.63, 3.8) is 0 Å². The van der Waals surface area contributed by atoms with Gasteiger partial charge in [0.15, 0.2) is 0 Å². The number of hydrogen-bond acceptors (Lipinski definition) is 4. The third-order valence-corrected chi connectivity index (χ3v) is 3.95. The molecule has 1 unspecified atom stereocenters. The number of carbonyl (C=O) groups is 1. The number of fused-ring (bicyclic) bond motifs is 1. The first-order valence-corrected chi connectivity index (χ1v) is 6.90. The molecule has 1 N–H and O–H groups in total. The van der Waals surface area contributed by atoms with Crippen LogP contribution >= 0.6 is 0 Å². The van der Waals surface area contributed by atoms with Gasteiger partial charge in [0.1, 0.15) is 5.56 Å². The molecule has 2 heterocycles. The zero-order valence-electron chi connectivity index (χ0n) is 11.5. The highest BCUT2D eigenvalue weighted by Crippen LogP contribution is 2.28. The summed E-state index contributed by atoms with van der Waals surface area (Å²) < 4.78 is 5.28. The predicted molar refractivity (Wildman–Crippen MR) is 73.9 cm³/mol. The SMILES string of the molecule is COc1nc2c(cc1C(=O)N1CC=CC1CO)CCC2. The maximum Gasteiger partial charge on any atom is 0.260 e. The van der Waals surface area contributed by atoms with Gasteiger partial charge in [-0.3, -0.25) is 4.79 Å². The Kier molecular flexibility index (Phi) is 3.44. The van der Waals surface area contributed by atoms with Crippen molar-refractivity contribution in [2.45, 2.75) is 25.3 Å². The van der Waals surface area contributed by atoms with Crippen molar-refractivity contribution in [3.8, 4) is 5.88 Å². The van der Waals surface area contributed by atoms with Crippen molar-refractivity contribution in [2.24, 2.45) is 0 Å². The molecule has 3 rings (SSSR count). The van der Waals surface area contributed by atoms with E-state index in [2.05, 4.69) is 4.98 Å². The Hall–Kier alpha value is -1.88. The van der Waals surface area contributed by atoms with E-state index in [-0.39, 0.29) is 18.6 Å². The molecular formula is C15H18N2O3. The van der Waals surface area contributed by atoms with Gasteiger partial charge < -0.3 is 14.7 Å². The first-order valence-electron chi connectivity index (χ1n) is 6.90. The fraction of sp³-hybridized carbons (Fsp3) is 0.467. The second kappa shape index (κ2) is 5.25. The van der Waals surface area contributed by atoms with E-state index in [1.807, 2.05) is 18.2 Å². The Balaban J connectivity index is 1.95. The Morgan fingerprint density at radius 2 is 2.40 bits per heavy atom. The van der Waals surface area contributed by atoms with E-state index in [1.165, 1.54) is 7.11 Å². The number of pyridine rings is 1. The Bertz CT molecular complexity index is 568. The predicted octanol–water partition coefficient (Wildman–Crippen LogP) is 0.952. The van der Waals surface area contributed by atoms with E-state index < -0.39 is 0 Å². The van der Waals surface area contributed by atoms with E-state index in [0.717, 1.165) is 30.5 Å². The molecule has 106 valence electrons. The summed E-state index contributed by atoms with van der Waals surface area (Å²) in [6.45, 7) is 0.452. The maximum absolute atomic E-state index is 12.7. The summed E-state index contributed by atoms with van der Waals surface area (Å²) in [5.41, 5.74) is 2.67. The van der Waals surface area contributed by atoms with Gasteiger partial charge in [0, 0.05) is 12.2 Å². The molecule has 0 saturated heterocycles. The average molecular weight is 274 g/mol. The lowest BCUT2D eigenvalue weighted by molar-refractivity contribution is 0.0696. The van der Waals surface area contributed by atoms with Crippen LogP contribution in [0.2, 0.25) is 0 Å². The minimum absolute atomic E-state index is 0.0665. The van der Waals surface area contributed by atoms with Crippen molar-refractivity contribution < 1.29 is 14.6 Å². The van der Waals surface area contributed by atoms with E-state index in [4.69, 9.17) is 4.74 Å². The molecule has 1 aromatic heterocycles. The Labute approximate surface area is 117 Å². The fourth-order valence-electron chi connectivity index (χ4n) is 2.88. The van der Waals surface area contributed by atoms with Crippen LogP contribution in [0.15, 0.2) is 18.2 Å². The highest BCUT2D eigenvalue weighted by Gasteiger charge is 2.29. The van der Waals surface area contributed by atoms with Gasteiger partial charge >= 0.3 is 0 Å². The van der Waals surface area contributed by atoms with Crippen LogP contribution in [0, 0.1) is 0 Å². The third-order valence-electron chi connectivity index (χ3n) is 3.95. The number of ether oxygens (including phenoxy) is 1. The van der Waals surface area contributed by atoms with Gasteiger partial charge in [-0.05, 0) is 30.9 Å². The van der Waals surface area contributed by atoms with Gasteiger partial charge in [-0.1, -0.05) is 12.2 Å². The zero-order valence-corrected chi connectivity index (χ0v) is 11.5. The second-order valence-corrected chi connectivity index (χ2v) is 5.14. The van der Waals surface area contributed by atoms with Crippen LogP contribution in [-0.2, 0) is 12.8 Å². The number of rotatable bonds is 3. The van der Waals surface area contributed by atoms with Crippen LogP contribution in [-0.4, -0.2) is 47.2 Å². The molecule has 1 aromatic rings. The second-order valence-electron chi connectivity index (χ2n) is 5.14. The summed E-state index contributed by atoms with van der Waals surface area (Å²) in [7, 11) is 1.53. The molecule has 0 saturated carbocycles. The minimum Gasteiger partial charge on any atom is -0.480 e. The third kappa shape index (κ3) is 2.08. The molecule has 0 fully saturated rings. The normalized spacial score (nSPS) is 20.3. The number of nitrogens with zero attached hydrogens (tertiary/aromatic N) is 2. The van der Waals surface area contributed by atoms with Crippen molar-refractivity contribution >= 4 is 5.91 Å². The number of aliphatic hydroxyl groups is 1. The molecule has 1 amide bonds. The van der Waals surface area contributed by atoms with E-state index in [9.17, 15) is 9.90 Å². The summed E-state index contributed by atoms with van der Waals surface area (Å²) in [6.07, 6.45) is 6.74. The van der Waals surface area contributed by atoms with Crippen LogP contribution < -0.4 is 4.74 Å². The monoisotopic (exact) mass is 274 g/mol. The lowest BCUT2D eigenvalue weighted by Gasteiger charge is -2.23. The number of aromatic nitrogens is 1. The molecule has 20 heavy (non-hydrogen) atoms. The molecule has 0 aromatic carbocycles. The van der Waals surface area contributed by atoms with Gasteiger partial charge in [0.05, 0.1) is 19.8 Å². The number of hydrogen-bond donors (Lipinski definition) is 1. The largest absolute Gasteiger partial charge is 0.480 e. The van der Waals surface area contributed by atoms with Gasteiger partial charge in [-0.25, -0.2) is 4.98 Å². The highest BCUT2D eigenvalue weighted by atomic mass is 16.5. The lowest BCUT2D eigenvalue weighted by atomic mass is 10.1. The standard InChI is InChI=1S/C15H18N2O3/c1-20-14-12(8-10-4-2-6-13(10)16-14)15(19)17-7-3-5-11(17)9-18/h3,5,8,11,18H,2,4,6-7,9H2,1H3. The molecule has 5 heteroatoms. The topological polar surface area (TPSA) is 62.7 Å². The van der Waals surface area contributed by atoms with Crippen LogP contribution in [0.4, 0.5) is 0 Å². The molecule has 1 aliphatic carbocycles. The summed E-state index contributed by atoms with van der Waals surface area (Å²) in [6, 6.07) is 1.66. The first-order chi connectivity index (χ1) is 9.74. The van der Waals surface area contributed by atoms with Crippen LogP contribution in [0.3, 0.4) is 0 Å². The minimum atomic E-state index is -0.250. The Morgan fingerprint density at radius 1 is 1.55 bits per heavy atom. The number of amides is 1. The van der Waals surface area contributed by atoms with Gasteiger partial charge in [-0.2, -0.15) is 0 Å². The molecule has 1 aliphatic heterocycles. The van der Waals surface area contributed by atoms with Crippen molar-refractivity contribution in [2.75, 3.05) is 20.3 Å². The van der Waals surface area contributed by atoms with Crippen LogP contribution in [0.5, 0.6) is 5.88 Å². The van der Waals surface area contributed by atoms with E-state index >= 15 is 0 Å². The lowest BCUT2D eigenvalue weighted by Crippen LogP contribution is -2.38. The zero-order chi connectivity index (χ0) is 14.1. The highest BCUT2D eigenvalue weighted by molar-refractivity contribution is 5.97. The molecule has 2 aliphatic rings. The van der Waals surface area contributed by atoms with Gasteiger partial charge in [0.25, 0.3) is 5.91 Å². The molecule has 0 bridgehead atoms. The fourth-order valence-corrected chi connectivity index (χ4v) is 2.88. The average Bonchev–Trinajstić information content (AvgIpc) is 3.12. The summed E-state index contributed by atoms with van der Waals surface area (Å²) in [4.78, 5) is 18.8. The summed E-state index contributed by atoms with van der Waals surface area (Å²) in [5.74, 6) is 0.257. The molecule has 0 radical (unpaired) electrons. The number of carbonyl (C=O) groups excluding carboxylic acids is 1. The smallest absolute Gasteiger partial charge is 0.260 e. The van der Waals surface area contributed by atoms with E-state index in [1.54, 1.807) is 4.90 Å². The van der Waals surface area contributed by atoms with Crippen molar-refractivity contribution in [3.05, 3.63) is 35.0 Å². The van der Waals surface area contributed by atoms with Gasteiger partial charge in [0.2, 0.25) is 5.88 Å². The number of methoxy groups -OCH3 is 1. The molecule has 0 spiro atoms. The summed E-state index contributed by atoms with van der Waals surface area (Å²) in [5, 5.41) is 9.32. The first kappa shape index (κ1) is 13.1. The number of aliphatic hydroxyl groups excluding tert-OH is 1. The van der Waals surface area contributed by atoms with E-state index in [0.29, 0.717) is 18.0 Å². The summed E-state index contributed by atoms with van der Waals surface area (Å²) >= 11 is 0. The number of aryl methyl sites for hydroxylation is 2. The van der Waals surface area contributed by atoms with Crippen LogP contribution in [0.25, 0.3) is 0 Å². The Morgan fingerprint density at radius 3 is 3.15 bits per heavy atom. The quantitative estimate of drug-likeness (QED) is 0.834. The molecular weight excluding hydrogens is 256 g/mol. The maximum atomic E-state index is 12.7. The van der Waals surface area contributed by atoms with Crippen molar-refractivity contribution in [1.82, 2.24) is 9.88 Å². The van der Waals surface area contributed by atoms with Crippen LogP contribution in [0.1, 0.15) is 28.0 Å².